The zero-order valence-corrected chi connectivity index (χ0v) is 8.13. The molecule has 2 N–H and O–H groups in total. The summed E-state index contributed by atoms with van der Waals surface area (Å²) in [7, 11) is 0. The van der Waals surface area contributed by atoms with E-state index in [1.165, 1.54) is 0 Å². The first-order chi connectivity index (χ1) is 6.27. The first kappa shape index (κ1) is 10.2. The van der Waals surface area contributed by atoms with E-state index in [1.807, 2.05) is 0 Å². The van der Waals surface area contributed by atoms with Crippen molar-refractivity contribution in [3.8, 4) is 0 Å². The summed E-state index contributed by atoms with van der Waals surface area (Å²) < 4.78 is 4.70. The molecule has 1 unspecified atom stereocenters. The van der Waals surface area contributed by atoms with E-state index in [1.54, 1.807) is 18.7 Å². The Morgan fingerprint density at radius 1 is 1.92 bits per heavy atom. The van der Waals surface area contributed by atoms with Crippen LogP contribution in [0.15, 0.2) is 5.16 Å². The minimum absolute atomic E-state index is 0.186. The van der Waals surface area contributed by atoms with Crippen molar-refractivity contribution in [2.75, 3.05) is 18.1 Å². The van der Waals surface area contributed by atoms with Crippen LogP contribution in [0.1, 0.15) is 6.92 Å². The van der Waals surface area contributed by atoms with Gasteiger partial charge in [0.2, 0.25) is 0 Å². The monoisotopic (exact) mass is 204 g/mol. The molecule has 74 valence electrons. The molecule has 1 saturated heterocycles. The quantitative estimate of drug-likeness (QED) is 0.512. The van der Waals surface area contributed by atoms with E-state index >= 15 is 0 Å². The third kappa shape index (κ3) is 2.80. The van der Waals surface area contributed by atoms with E-state index in [0.29, 0.717) is 18.1 Å². The lowest BCUT2D eigenvalue weighted by molar-refractivity contribution is 0.151. The topological polar surface area (TPSA) is 70.9 Å². The van der Waals surface area contributed by atoms with Gasteiger partial charge in [-0.25, -0.2) is 4.79 Å². The normalized spacial score (nSPS) is 24.7. The summed E-state index contributed by atoms with van der Waals surface area (Å²) in [4.78, 5) is 11.0. The zero-order chi connectivity index (χ0) is 9.68. The molecular formula is C7H12N2O3S. The highest BCUT2D eigenvalue weighted by Crippen LogP contribution is 2.15. The molecule has 0 aliphatic carbocycles. The fourth-order valence-corrected chi connectivity index (χ4v) is 2.11. The first-order valence-corrected chi connectivity index (χ1v) is 5.15. The summed E-state index contributed by atoms with van der Waals surface area (Å²) in [6.07, 6.45) is -0.462. The number of thioether (sulfide) groups is 1. The molecule has 0 spiro atoms. The van der Waals surface area contributed by atoms with Crippen LogP contribution in [0.3, 0.4) is 0 Å². The van der Waals surface area contributed by atoms with Crippen molar-refractivity contribution in [3.05, 3.63) is 0 Å². The van der Waals surface area contributed by atoms with Crippen molar-refractivity contribution in [1.29, 1.82) is 0 Å². The Labute approximate surface area is 80.5 Å². The third-order valence-electron chi connectivity index (χ3n) is 1.63. The zero-order valence-electron chi connectivity index (χ0n) is 7.32. The second-order valence-electron chi connectivity index (χ2n) is 2.52. The fraction of sp³-hybridized carbons (Fsp3) is 0.714. The molecule has 6 heteroatoms. The minimum Gasteiger partial charge on any atom is -0.450 e. The summed E-state index contributed by atoms with van der Waals surface area (Å²) in [6.45, 7) is 2.08. The van der Waals surface area contributed by atoms with Gasteiger partial charge in [0.15, 0.2) is 0 Å². The molecule has 1 amide bonds. The summed E-state index contributed by atoms with van der Waals surface area (Å²) in [5.41, 5.74) is 0.595. The smallest absolute Gasteiger partial charge is 0.407 e. The van der Waals surface area contributed by atoms with Gasteiger partial charge in [0.1, 0.15) is 0 Å². The summed E-state index contributed by atoms with van der Waals surface area (Å²) in [6, 6.07) is -0.186. The highest BCUT2D eigenvalue weighted by Gasteiger charge is 2.25. The largest absolute Gasteiger partial charge is 0.450 e. The number of hydrogen-bond acceptors (Lipinski definition) is 5. The Morgan fingerprint density at radius 3 is 3.31 bits per heavy atom. The van der Waals surface area contributed by atoms with Gasteiger partial charge in [-0.2, -0.15) is 11.8 Å². The van der Waals surface area contributed by atoms with E-state index in [0.717, 1.165) is 5.75 Å². The van der Waals surface area contributed by atoms with E-state index < -0.39 is 6.09 Å². The summed E-state index contributed by atoms with van der Waals surface area (Å²) >= 11 is 1.61. The van der Waals surface area contributed by atoms with Gasteiger partial charge >= 0.3 is 6.09 Å². The van der Waals surface area contributed by atoms with Crippen molar-refractivity contribution in [2.45, 2.75) is 13.0 Å². The van der Waals surface area contributed by atoms with Crippen LogP contribution in [0, 0.1) is 0 Å². The second-order valence-corrected chi connectivity index (χ2v) is 3.55. The van der Waals surface area contributed by atoms with Crippen LogP contribution < -0.4 is 5.32 Å². The summed E-state index contributed by atoms with van der Waals surface area (Å²) in [5.74, 6) is 1.39. The van der Waals surface area contributed by atoms with Crippen LogP contribution in [-0.2, 0) is 4.74 Å². The molecular weight excluding hydrogens is 192 g/mol. The van der Waals surface area contributed by atoms with Crippen LogP contribution in [0.2, 0.25) is 0 Å². The average molecular weight is 204 g/mol. The predicted molar refractivity (Wildman–Crippen MR) is 50.5 cm³/mol. The molecule has 0 bridgehead atoms. The molecule has 0 aromatic heterocycles. The number of amides is 1. The Morgan fingerprint density at radius 2 is 2.69 bits per heavy atom. The number of oxime groups is 1. The second kappa shape index (κ2) is 4.96. The molecule has 1 rings (SSSR count). The number of alkyl carbamates (subject to hydrolysis) is 1. The van der Waals surface area contributed by atoms with Gasteiger partial charge < -0.3 is 15.3 Å². The van der Waals surface area contributed by atoms with Gasteiger partial charge in [0, 0.05) is 11.5 Å². The van der Waals surface area contributed by atoms with Crippen LogP contribution in [0.4, 0.5) is 4.79 Å². The van der Waals surface area contributed by atoms with Crippen molar-refractivity contribution in [1.82, 2.24) is 5.32 Å². The standard InChI is InChI=1S/C7H12N2O3S/c1-2-12-7(10)8-5-3-13-4-6(5)9-11/h5,11H,2-4H2,1H3,(H,8,10). The van der Waals surface area contributed by atoms with Gasteiger partial charge in [-0.1, -0.05) is 5.16 Å². The fourth-order valence-electron chi connectivity index (χ4n) is 1.02. The third-order valence-corrected chi connectivity index (χ3v) is 2.70. The maximum absolute atomic E-state index is 11.0. The van der Waals surface area contributed by atoms with Gasteiger partial charge in [-0.05, 0) is 6.92 Å². The molecule has 0 aromatic carbocycles. The van der Waals surface area contributed by atoms with Gasteiger partial charge in [0.25, 0.3) is 0 Å². The van der Waals surface area contributed by atoms with Crippen molar-refractivity contribution >= 4 is 23.6 Å². The number of carbonyl (C=O) groups is 1. The van der Waals surface area contributed by atoms with Gasteiger partial charge in [-0.3, -0.25) is 0 Å². The molecule has 13 heavy (non-hydrogen) atoms. The Balaban J connectivity index is 2.40. The highest BCUT2D eigenvalue weighted by molar-refractivity contribution is 8.00. The van der Waals surface area contributed by atoms with Crippen molar-refractivity contribution in [2.24, 2.45) is 5.16 Å². The van der Waals surface area contributed by atoms with E-state index in [2.05, 4.69) is 10.5 Å². The SMILES string of the molecule is CCOC(=O)NC1CSCC1=NO. The van der Waals surface area contributed by atoms with E-state index in [9.17, 15) is 4.79 Å². The Hall–Kier alpha value is -0.910. The van der Waals surface area contributed by atoms with Crippen molar-refractivity contribution in [3.63, 3.8) is 0 Å². The number of rotatable bonds is 2. The molecule has 1 heterocycles. The van der Waals surface area contributed by atoms with E-state index in [-0.39, 0.29) is 6.04 Å². The van der Waals surface area contributed by atoms with Crippen LogP contribution in [-0.4, -0.2) is 41.2 Å². The van der Waals surface area contributed by atoms with Crippen LogP contribution in [0.5, 0.6) is 0 Å². The van der Waals surface area contributed by atoms with Crippen LogP contribution >= 0.6 is 11.8 Å². The van der Waals surface area contributed by atoms with Crippen molar-refractivity contribution < 1.29 is 14.7 Å². The molecule has 1 aliphatic rings. The van der Waals surface area contributed by atoms with Crippen LogP contribution in [0.25, 0.3) is 0 Å². The molecule has 0 aromatic rings. The Kier molecular flexibility index (Phi) is 3.88. The lowest BCUT2D eigenvalue weighted by Gasteiger charge is -2.10. The number of hydrogen-bond donors (Lipinski definition) is 2. The molecule has 5 nitrogen and oxygen atoms in total. The molecule has 1 atom stereocenters. The lowest BCUT2D eigenvalue weighted by atomic mass is 10.2. The predicted octanol–water partition coefficient (Wildman–Crippen LogP) is 0.678. The minimum atomic E-state index is -0.462. The highest BCUT2D eigenvalue weighted by atomic mass is 32.2. The molecule has 1 fully saturated rings. The maximum Gasteiger partial charge on any atom is 0.407 e. The molecule has 1 aliphatic heterocycles. The first-order valence-electron chi connectivity index (χ1n) is 3.99. The number of ether oxygens (including phenoxy) is 1. The Bertz CT molecular complexity index is 220. The van der Waals surface area contributed by atoms with Gasteiger partial charge in [0.05, 0.1) is 18.4 Å². The number of carbonyl (C=O) groups excluding carboxylic acids is 1. The lowest BCUT2D eigenvalue weighted by Crippen LogP contribution is -2.40. The number of nitrogens with one attached hydrogen (secondary N) is 1. The van der Waals surface area contributed by atoms with E-state index in [4.69, 9.17) is 9.94 Å². The maximum atomic E-state index is 11.0. The number of nitrogens with zero attached hydrogens (tertiary/aromatic N) is 1. The summed E-state index contributed by atoms with van der Waals surface area (Å²) in [5, 5.41) is 14.3. The molecule has 0 radical (unpaired) electrons. The average Bonchev–Trinajstić information content (AvgIpc) is 2.52. The molecule has 0 saturated carbocycles. The van der Waals surface area contributed by atoms with Gasteiger partial charge in [-0.15, -0.1) is 0 Å².